The first kappa shape index (κ1) is 7.02. The Bertz CT molecular complexity index is 63.0. The minimum absolute atomic E-state index is 0.123. The first-order valence-electron chi connectivity index (χ1n) is 2.22. The summed E-state index contributed by atoms with van der Waals surface area (Å²) in [5.74, 6) is 0. The van der Waals surface area contributed by atoms with Gasteiger partial charge in [0, 0.05) is 11.2 Å². The Morgan fingerprint density at radius 1 is 1.71 bits per heavy atom. The lowest BCUT2D eigenvalue weighted by Gasteiger charge is -2.10. The molecule has 0 spiro atoms. The fraction of sp³-hybridized carbons (Fsp3) is 0.800. The van der Waals surface area contributed by atoms with Gasteiger partial charge in [0.05, 0.1) is 0 Å². The van der Waals surface area contributed by atoms with Crippen molar-refractivity contribution in [2.24, 2.45) is 0 Å². The lowest BCUT2D eigenvalue weighted by Crippen LogP contribution is -2.09. The molecule has 0 saturated carbocycles. The van der Waals surface area contributed by atoms with Crippen LogP contribution < -0.4 is 0 Å². The van der Waals surface area contributed by atoms with Crippen LogP contribution in [0.25, 0.3) is 0 Å². The maximum atomic E-state index is 9.77. The van der Waals surface area contributed by atoms with E-state index in [1.165, 1.54) is 0 Å². The highest BCUT2D eigenvalue weighted by Crippen LogP contribution is 2.13. The zero-order valence-electron chi connectivity index (χ0n) is 4.64. The molecule has 0 aromatic heterocycles. The van der Waals surface area contributed by atoms with Gasteiger partial charge in [-0.1, -0.05) is 13.8 Å². The summed E-state index contributed by atoms with van der Waals surface area (Å²) in [4.78, 5) is 9.77. The van der Waals surface area contributed by atoms with Gasteiger partial charge in [-0.2, -0.15) is 12.6 Å². The van der Waals surface area contributed by atoms with Crippen molar-refractivity contribution in [3.05, 3.63) is 0 Å². The summed E-state index contributed by atoms with van der Waals surface area (Å²) in [6.07, 6.45) is 1.41. The monoisotopic (exact) mass is 118 g/mol. The number of hydrogen-bond acceptors (Lipinski definition) is 2. The van der Waals surface area contributed by atoms with Crippen LogP contribution in [0, 0.1) is 0 Å². The fourth-order valence-electron chi connectivity index (χ4n) is 0.204. The van der Waals surface area contributed by atoms with Gasteiger partial charge in [-0.25, -0.2) is 0 Å². The fourth-order valence-corrected chi connectivity index (χ4v) is 0.278. The maximum Gasteiger partial charge on any atom is 0.121 e. The molecular weight excluding hydrogens is 108 g/mol. The zero-order chi connectivity index (χ0) is 5.91. The van der Waals surface area contributed by atoms with E-state index >= 15 is 0 Å². The Hall–Kier alpha value is 0.0200. The van der Waals surface area contributed by atoms with Crippen molar-refractivity contribution in [2.75, 3.05) is 0 Å². The molecule has 0 bridgehead atoms. The molecule has 0 heterocycles. The number of rotatable bonds is 2. The minimum Gasteiger partial charge on any atom is -0.303 e. The van der Waals surface area contributed by atoms with Crippen LogP contribution in [-0.2, 0) is 4.79 Å². The third-order valence-corrected chi connectivity index (χ3v) is 0.765. The van der Waals surface area contributed by atoms with Gasteiger partial charge in [-0.3, -0.25) is 0 Å². The van der Waals surface area contributed by atoms with Gasteiger partial charge in [0.2, 0.25) is 0 Å². The highest BCUT2D eigenvalue weighted by Gasteiger charge is 2.08. The minimum atomic E-state index is -0.123. The van der Waals surface area contributed by atoms with Gasteiger partial charge >= 0.3 is 0 Å². The third kappa shape index (κ3) is 6.02. The standard InChI is InChI=1S/C5H10OS/c1-5(2,7)3-4-6/h4,7H,3H2,1-2H3. The summed E-state index contributed by atoms with van der Waals surface area (Å²) in [7, 11) is 0. The van der Waals surface area contributed by atoms with Crippen LogP contribution in [0.4, 0.5) is 0 Å². The van der Waals surface area contributed by atoms with E-state index in [1.54, 1.807) is 0 Å². The number of aldehydes is 1. The van der Waals surface area contributed by atoms with E-state index in [2.05, 4.69) is 12.6 Å². The van der Waals surface area contributed by atoms with Crippen LogP contribution in [0.3, 0.4) is 0 Å². The van der Waals surface area contributed by atoms with Gasteiger partial charge < -0.3 is 4.79 Å². The van der Waals surface area contributed by atoms with Crippen molar-refractivity contribution in [1.29, 1.82) is 0 Å². The Balaban J connectivity index is 3.34. The number of carbonyl (C=O) groups is 1. The zero-order valence-corrected chi connectivity index (χ0v) is 5.53. The quantitative estimate of drug-likeness (QED) is 0.427. The molecule has 0 rings (SSSR count). The molecule has 0 aliphatic heterocycles. The van der Waals surface area contributed by atoms with E-state index in [9.17, 15) is 4.79 Å². The first-order valence-corrected chi connectivity index (χ1v) is 2.67. The highest BCUT2D eigenvalue weighted by atomic mass is 32.1. The van der Waals surface area contributed by atoms with Crippen molar-refractivity contribution >= 4 is 18.9 Å². The molecule has 0 aliphatic rings. The average Bonchev–Trinajstić information content (AvgIpc) is 1.30. The summed E-state index contributed by atoms with van der Waals surface area (Å²) < 4.78 is -0.123. The molecule has 0 unspecified atom stereocenters. The third-order valence-electron chi connectivity index (χ3n) is 0.583. The average molecular weight is 118 g/mol. The van der Waals surface area contributed by atoms with Crippen molar-refractivity contribution in [3.63, 3.8) is 0 Å². The van der Waals surface area contributed by atoms with Crippen LogP contribution in [0.5, 0.6) is 0 Å². The number of thiol groups is 1. The van der Waals surface area contributed by atoms with E-state index in [0.717, 1.165) is 6.29 Å². The molecule has 0 amide bonds. The van der Waals surface area contributed by atoms with E-state index in [-0.39, 0.29) is 4.75 Å². The van der Waals surface area contributed by atoms with Gasteiger partial charge in [0.1, 0.15) is 6.29 Å². The molecule has 42 valence electrons. The van der Waals surface area contributed by atoms with Crippen molar-refractivity contribution in [2.45, 2.75) is 25.0 Å². The topological polar surface area (TPSA) is 17.1 Å². The lowest BCUT2D eigenvalue weighted by atomic mass is 10.1. The summed E-state index contributed by atoms with van der Waals surface area (Å²) in [5, 5.41) is 0. The number of hydrogen-bond donors (Lipinski definition) is 1. The van der Waals surface area contributed by atoms with E-state index in [0.29, 0.717) is 6.42 Å². The predicted molar refractivity (Wildman–Crippen MR) is 33.7 cm³/mol. The largest absolute Gasteiger partial charge is 0.303 e. The van der Waals surface area contributed by atoms with Crippen molar-refractivity contribution < 1.29 is 4.79 Å². The molecule has 0 atom stereocenters. The molecule has 2 heteroatoms. The molecule has 1 nitrogen and oxygen atoms in total. The van der Waals surface area contributed by atoms with Crippen LogP contribution in [-0.4, -0.2) is 11.0 Å². The highest BCUT2D eigenvalue weighted by molar-refractivity contribution is 7.81. The smallest absolute Gasteiger partial charge is 0.121 e. The first-order chi connectivity index (χ1) is 3.06. The summed E-state index contributed by atoms with van der Waals surface area (Å²) in [6.45, 7) is 3.81. The van der Waals surface area contributed by atoms with Crippen molar-refractivity contribution in [1.82, 2.24) is 0 Å². The molecule has 0 fully saturated rings. The van der Waals surface area contributed by atoms with Gasteiger partial charge in [0.25, 0.3) is 0 Å². The predicted octanol–water partition coefficient (Wildman–Crippen LogP) is 1.28. The molecule has 0 aromatic rings. The number of carbonyl (C=O) groups excluding carboxylic acids is 1. The Kier molecular flexibility index (Phi) is 2.37. The lowest BCUT2D eigenvalue weighted by molar-refractivity contribution is -0.108. The van der Waals surface area contributed by atoms with E-state index < -0.39 is 0 Å². The second-order valence-corrected chi connectivity index (χ2v) is 3.39. The summed E-state index contributed by atoms with van der Waals surface area (Å²) in [6, 6.07) is 0. The Morgan fingerprint density at radius 2 is 2.14 bits per heavy atom. The molecular formula is C5H10OS. The van der Waals surface area contributed by atoms with Gasteiger partial charge in [-0.05, 0) is 0 Å². The molecule has 0 aromatic carbocycles. The SMILES string of the molecule is CC(C)(S)CC=O. The van der Waals surface area contributed by atoms with Crippen molar-refractivity contribution in [3.8, 4) is 0 Å². The van der Waals surface area contributed by atoms with E-state index in [4.69, 9.17) is 0 Å². The van der Waals surface area contributed by atoms with Crippen LogP contribution >= 0.6 is 12.6 Å². The molecule has 7 heavy (non-hydrogen) atoms. The second-order valence-electron chi connectivity index (χ2n) is 2.18. The van der Waals surface area contributed by atoms with Gasteiger partial charge in [0.15, 0.2) is 0 Å². The second kappa shape index (κ2) is 2.36. The molecule has 0 aliphatic carbocycles. The summed E-state index contributed by atoms with van der Waals surface area (Å²) >= 11 is 4.10. The van der Waals surface area contributed by atoms with Crippen LogP contribution in [0.15, 0.2) is 0 Å². The summed E-state index contributed by atoms with van der Waals surface area (Å²) in [5.41, 5.74) is 0. The van der Waals surface area contributed by atoms with Gasteiger partial charge in [-0.15, -0.1) is 0 Å². The molecule has 0 radical (unpaired) electrons. The van der Waals surface area contributed by atoms with Crippen LogP contribution in [0.1, 0.15) is 20.3 Å². The normalized spacial score (nSPS) is 11.3. The Morgan fingerprint density at radius 3 is 2.14 bits per heavy atom. The van der Waals surface area contributed by atoms with Crippen LogP contribution in [0.2, 0.25) is 0 Å². The maximum absolute atomic E-state index is 9.77. The Labute approximate surface area is 49.5 Å². The molecule has 0 saturated heterocycles. The molecule has 0 N–H and O–H groups in total. The van der Waals surface area contributed by atoms with E-state index in [1.807, 2.05) is 13.8 Å².